The second-order valence-electron chi connectivity index (χ2n) is 5.20. The van der Waals surface area contributed by atoms with E-state index in [0.717, 1.165) is 36.7 Å². The van der Waals surface area contributed by atoms with Crippen molar-refractivity contribution in [3.63, 3.8) is 0 Å². The predicted octanol–water partition coefficient (Wildman–Crippen LogP) is -0.0367. The maximum Gasteiger partial charge on any atom is 0.175 e. The lowest BCUT2D eigenvalue weighted by molar-refractivity contribution is 0.273. The molecule has 0 radical (unpaired) electrons. The smallest absolute Gasteiger partial charge is 0.175 e. The lowest BCUT2D eigenvalue weighted by atomic mass is 10.1. The van der Waals surface area contributed by atoms with Crippen molar-refractivity contribution >= 4 is 11.7 Å². The molecule has 0 spiro atoms. The van der Waals surface area contributed by atoms with Gasteiger partial charge in [-0.05, 0) is 20.9 Å². The van der Waals surface area contributed by atoms with Crippen molar-refractivity contribution in [3.8, 4) is 0 Å². The van der Waals surface area contributed by atoms with Gasteiger partial charge in [-0.25, -0.2) is 0 Å². The number of hydrogen-bond donors (Lipinski definition) is 2. The van der Waals surface area contributed by atoms with Crippen LogP contribution in [-0.2, 0) is 7.05 Å². The van der Waals surface area contributed by atoms with E-state index in [-0.39, 0.29) is 5.84 Å². The number of anilines is 1. The Morgan fingerprint density at radius 1 is 1.42 bits per heavy atom. The van der Waals surface area contributed by atoms with Gasteiger partial charge in [-0.1, -0.05) is 5.16 Å². The fourth-order valence-electron chi connectivity index (χ4n) is 2.78. The van der Waals surface area contributed by atoms with Gasteiger partial charge in [-0.15, -0.1) is 0 Å². The van der Waals surface area contributed by atoms with Crippen LogP contribution < -0.4 is 10.6 Å². The maximum absolute atomic E-state index is 8.95. The van der Waals surface area contributed by atoms with Gasteiger partial charge in [0.1, 0.15) is 5.82 Å². The Morgan fingerprint density at radius 2 is 2.11 bits per heavy atom. The summed E-state index contributed by atoms with van der Waals surface area (Å²) in [5.41, 5.74) is 7.30. The Morgan fingerprint density at radius 3 is 2.68 bits per heavy atom. The first-order chi connectivity index (χ1) is 8.95. The number of likely N-dealkylation sites (N-methyl/N-ethyl adjacent to an activating group) is 1. The number of amidine groups is 1. The summed E-state index contributed by atoms with van der Waals surface area (Å²) in [6.45, 7) is 6.93. The monoisotopic (exact) mass is 266 g/mol. The molecule has 1 aliphatic rings. The molecule has 1 aromatic rings. The number of aromatic nitrogens is 2. The van der Waals surface area contributed by atoms with E-state index in [1.54, 1.807) is 0 Å². The van der Waals surface area contributed by atoms with Crippen molar-refractivity contribution in [2.24, 2.45) is 17.9 Å². The molecule has 2 rings (SSSR count). The quantitative estimate of drug-likeness (QED) is 0.340. The molecule has 0 saturated carbocycles. The van der Waals surface area contributed by atoms with Gasteiger partial charge in [0.2, 0.25) is 0 Å². The topological polar surface area (TPSA) is 82.9 Å². The fourth-order valence-corrected chi connectivity index (χ4v) is 2.78. The molecule has 19 heavy (non-hydrogen) atoms. The molecule has 0 amide bonds. The molecule has 2 heterocycles. The summed E-state index contributed by atoms with van der Waals surface area (Å²) in [5.74, 6) is 1.04. The lowest BCUT2D eigenvalue weighted by Crippen LogP contribution is -2.51. The van der Waals surface area contributed by atoms with E-state index in [1.165, 1.54) is 0 Å². The Labute approximate surface area is 113 Å². The largest absolute Gasteiger partial charge is 0.409 e. The normalized spacial score (nSPS) is 22.0. The summed E-state index contributed by atoms with van der Waals surface area (Å²) < 4.78 is 1.81. The minimum absolute atomic E-state index is 0.117. The number of hydrogen-bond acceptors (Lipinski definition) is 5. The molecular formula is C12H22N6O. The van der Waals surface area contributed by atoms with Crippen molar-refractivity contribution in [1.82, 2.24) is 14.7 Å². The minimum atomic E-state index is 0.117. The summed E-state index contributed by atoms with van der Waals surface area (Å²) in [6.07, 6.45) is 0. The van der Waals surface area contributed by atoms with Crippen LogP contribution in [0.4, 0.5) is 5.82 Å². The zero-order valence-electron chi connectivity index (χ0n) is 12.0. The molecule has 1 saturated heterocycles. The summed E-state index contributed by atoms with van der Waals surface area (Å²) >= 11 is 0. The van der Waals surface area contributed by atoms with Crippen molar-refractivity contribution in [2.45, 2.75) is 19.9 Å². The number of oxime groups is 1. The summed E-state index contributed by atoms with van der Waals surface area (Å²) in [7, 11) is 4.01. The third-order valence-electron chi connectivity index (χ3n) is 3.66. The van der Waals surface area contributed by atoms with Crippen molar-refractivity contribution in [2.75, 3.05) is 31.6 Å². The van der Waals surface area contributed by atoms with E-state index in [1.807, 2.05) is 18.7 Å². The molecule has 1 atom stereocenters. The van der Waals surface area contributed by atoms with Crippen LogP contribution in [0.5, 0.6) is 0 Å². The van der Waals surface area contributed by atoms with Gasteiger partial charge in [0.15, 0.2) is 5.84 Å². The fraction of sp³-hybridized carbons (Fsp3) is 0.667. The van der Waals surface area contributed by atoms with E-state index < -0.39 is 0 Å². The first-order valence-corrected chi connectivity index (χ1v) is 6.42. The third-order valence-corrected chi connectivity index (χ3v) is 3.66. The average Bonchev–Trinajstić information content (AvgIpc) is 2.63. The molecule has 1 fully saturated rings. The SMILES string of the molecule is Cc1nn(C)c(N2CCN(C)CC2C)c1C(N)=NO. The summed E-state index contributed by atoms with van der Waals surface area (Å²) in [6, 6.07) is 0.360. The molecule has 7 heteroatoms. The second-order valence-corrected chi connectivity index (χ2v) is 5.20. The van der Waals surface area contributed by atoms with Crippen LogP contribution in [0.2, 0.25) is 0 Å². The van der Waals surface area contributed by atoms with Crippen LogP contribution >= 0.6 is 0 Å². The van der Waals surface area contributed by atoms with Crippen LogP contribution in [0, 0.1) is 6.92 Å². The van der Waals surface area contributed by atoms with Crippen molar-refractivity contribution in [1.29, 1.82) is 0 Å². The first kappa shape index (κ1) is 13.7. The van der Waals surface area contributed by atoms with Crippen LogP contribution in [0.1, 0.15) is 18.2 Å². The van der Waals surface area contributed by atoms with Crippen molar-refractivity contribution < 1.29 is 5.21 Å². The average molecular weight is 266 g/mol. The van der Waals surface area contributed by atoms with E-state index >= 15 is 0 Å². The van der Waals surface area contributed by atoms with Crippen LogP contribution in [0.3, 0.4) is 0 Å². The van der Waals surface area contributed by atoms with Gasteiger partial charge in [0, 0.05) is 32.7 Å². The summed E-state index contributed by atoms with van der Waals surface area (Å²) in [4.78, 5) is 4.57. The van der Waals surface area contributed by atoms with Gasteiger partial charge < -0.3 is 20.7 Å². The van der Waals surface area contributed by atoms with E-state index in [4.69, 9.17) is 10.9 Å². The molecule has 1 unspecified atom stereocenters. The van der Waals surface area contributed by atoms with Gasteiger partial charge in [-0.2, -0.15) is 5.10 Å². The van der Waals surface area contributed by atoms with E-state index in [0.29, 0.717) is 6.04 Å². The maximum atomic E-state index is 8.95. The van der Waals surface area contributed by atoms with Gasteiger partial charge >= 0.3 is 0 Å². The number of aryl methyl sites for hydroxylation is 2. The summed E-state index contributed by atoms with van der Waals surface area (Å²) in [5, 5.41) is 16.5. The van der Waals surface area contributed by atoms with Crippen LogP contribution in [0.25, 0.3) is 0 Å². The minimum Gasteiger partial charge on any atom is -0.409 e. The zero-order chi connectivity index (χ0) is 14.2. The molecule has 1 aromatic heterocycles. The molecule has 7 nitrogen and oxygen atoms in total. The molecular weight excluding hydrogens is 244 g/mol. The Balaban J connectivity index is 2.44. The van der Waals surface area contributed by atoms with Gasteiger partial charge in [0.25, 0.3) is 0 Å². The molecule has 3 N–H and O–H groups in total. The highest BCUT2D eigenvalue weighted by molar-refractivity contribution is 6.02. The molecule has 0 bridgehead atoms. The van der Waals surface area contributed by atoms with Crippen LogP contribution in [0.15, 0.2) is 5.16 Å². The Kier molecular flexibility index (Phi) is 3.66. The second kappa shape index (κ2) is 5.08. The van der Waals surface area contributed by atoms with Gasteiger partial charge in [-0.3, -0.25) is 4.68 Å². The molecule has 0 aromatic carbocycles. The highest BCUT2D eigenvalue weighted by atomic mass is 16.4. The zero-order valence-corrected chi connectivity index (χ0v) is 12.0. The van der Waals surface area contributed by atoms with E-state index in [9.17, 15) is 0 Å². The highest BCUT2D eigenvalue weighted by Crippen LogP contribution is 2.26. The highest BCUT2D eigenvalue weighted by Gasteiger charge is 2.28. The Bertz CT molecular complexity index is 495. The lowest BCUT2D eigenvalue weighted by Gasteiger charge is -2.39. The molecule has 106 valence electrons. The van der Waals surface area contributed by atoms with Gasteiger partial charge in [0.05, 0.1) is 11.3 Å². The number of nitrogens with zero attached hydrogens (tertiary/aromatic N) is 5. The third kappa shape index (κ3) is 2.37. The predicted molar refractivity (Wildman–Crippen MR) is 74.8 cm³/mol. The van der Waals surface area contributed by atoms with E-state index in [2.05, 4.69) is 34.0 Å². The molecule has 0 aliphatic carbocycles. The number of nitrogens with two attached hydrogens (primary N) is 1. The first-order valence-electron chi connectivity index (χ1n) is 6.42. The van der Waals surface area contributed by atoms with Crippen molar-refractivity contribution in [3.05, 3.63) is 11.3 Å². The molecule has 1 aliphatic heterocycles. The number of rotatable bonds is 2. The number of piperazine rings is 1. The standard InChI is InChI=1S/C12H22N6O/c1-8-7-16(3)5-6-18(8)12-10(11(13)15-19)9(2)14-17(12)4/h8,19H,5-7H2,1-4H3,(H2,13,15). The van der Waals surface area contributed by atoms with Crippen LogP contribution in [-0.4, -0.2) is 58.4 Å². The Hall–Kier alpha value is -1.76.